The summed E-state index contributed by atoms with van der Waals surface area (Å²) in [5.41, 5.74) is 2.11. The van der Waals surface area contributed by atoms with Crippen LogP contribution in [0, 0.1) is 0 Å². The Labute approximate surface area is 125 Å². The van der Waals surface area contributed by atoms with Crippen LogP contribution >= 0.6 is 0 Å². The van der Waals surface area contributed by atoms with Crippen LogP contribution in [0.5, 0.6) is 0 Å². The Kier molecular flexibility index (Phi) is 5.56. The van der Waals surface area contributed by atoms with Gasteiger partial charge in [0, 0.05) is 24.3 Å². The van der Waals surface area contributed by atoms with E-state index in [1.807, 2.05) is 13.0 Å². The van der Waals surface area contributed by atoms with Crippen molar-refractivity contribution in [1.29, 1.82) is 0 Å². The maximum Gasteiger partial charge on any atom is 0.251 e. The molecule has 1 aromatic rings. The first-order valence-electron chi connectivity index (χ1n) is 7.90. The monoisotopic (exact) mass is 291 g/mol. The number of hydrogen-bond acceptors (Lipinski definition) is 3. The van der Waals surface area contributed by atoms with E-state index >= 15 is 0 Å². The number of rotatable bonds is 6. The number of pyridine rings is 1. The molecule has 2 rings (SSSR count). The van der Waals surface area contributed by atoms with Crippen LogP contribution in [0.4, 0.5) is 0 Å². The fourth-order valence-electron chi connectivity index (χ4n) is 2.96. The van der Waals surface area contributed by atoms with Gasteiger partial charge in [0.05, 0.1) is 0 Å². The molecule has 0 spiro atoms. The molecule has 1 aliphatic carbocycles. The van der Waals surface area contributed by atoms with Crippen molar-refractivity contribution in [3.05, 3.63) is 33.7 Å². The van der Waals surface area contributed by atoms with Crippen LogP contribution in [-0.4, -0.2) is 23.6 Å². The van der Waals surface area contributed by atoms with Crippen LogP contribution in [-0.2, 0) is 17.8 Å². The number of nitrogens with zero attached hydrogens (tertiary/aromatic N) is 1. The molecule has 1 heterocycles. The molecular weight excluding hydrogens is 266 g/mol. The lowest BCUT2D eigenvalue weighted by atomic mass is 9.91. The SMILES string of the molecule is CCCNC(=O)Cn1c2c(ccc1=O)C(NCC)CCC2. The molecule has 5 nitrogen and oxygen atoms in total. The third-order valence-electron chi connectivity index (χ3n) is 3.94. The minimum absolute atomic E-state index is 0.0853. The summed E-state index contributed by atoms with van der Waals surface area (Å²) in [6.07, 6.45) is 3.90. The van der Waals surface area contributed by atoms with E-state index in [4.69, 9.17) is 0 Å². The van der Waals surface area contributed by atoms with E-state index in [-0.39, 0.29) is 18.0 Å². The first kappa shape index (κ1) is 15.8. The van der Waals surface area contributed by atoms with Gasteiger partial charge in [-0.1, -0.05) is 19.9 Å². The normalized spacial score (nSPS) is 17.3. The number of fused-ring (bicyclic) bond motifs is 1. The van der Waals surface area contributed by atoms with Crippen molar-refractivity contribution in [3.8, 4) is 0 Å². The predicted molar refractivity (Wildman–Crippen MR) is 83.4 cm³/mol. The average molecular weight is 291 g/mol. The minimum atomic E-state index is -0.0856. The Morgan fingerprint density at radius 3 is 2.90 bits per heavy atom. The highest BCUT2D eigenvalue weighted by atomic mass is 16.2. The molecule has 0 fully saturated rings. The third-order valence-corrected chi connectivity index (χ3v) is 3.94. The maximum atomic E-state index is 12.1. The summed E-state index contributed by atoms with van der Waals surface area (Å²) >= 11 is 0. The molecule has 0 bridgehead atoms. The zero-order valence-electron chi connectivity index (χ0n) is 12.9. The Balaban J connectivity index is 2.27. The zero-order chi connectivity index (χ0) is 15.2. The molecule has 0 radical (unpaired) electrons. The molecule has 1 atom stereocenters. The van der Waals surface area contributed by atoms with E-state index in [2.05, 4.69) is 17.6 Å². The van der Waals surface area contributed by atoms with Crippen LogP contribution in [0.15, 0.2) is 16.9 Å². The molecule has 1 aromatic heterocycles. The summed E-state index contributed by atoms with van der Waals surface area (Å²) < 4.78 is 1.64. The van der Waals surface area contributed by atoms with Gasteiger partial charge in [0.25, 0.3) is 5.56 Å². The van der Waals surface area contributed by atoms with E-state index in [1.165, 1.54) is 5.56 Å². The quantitative estimate of drug-likeness (QED) is 0.832. The van der Waals surface area contributed by atoms with E-state index in [9.17, 15) is 9.59 Å². The fourth-order valence-corrected chi connectivity index (χ4v) is 2.96. The summed E-state index contributed by atoms with van der Waals surface area (Å²) in [6.45, 7) is 5.78. The smallest absolute Gasteiger partial charge is 0.251 e. The molecule has 116 valence electrons. The summed E-state index contributed by atoms with van der Waals surface area (Å²) in [7, 11) is 0. The van der Waals surface area contributed by atoms with Crippen molar-refractivity contribution >= 4 is 5.91 Å². The maximum absolute atomic E-state index is 12.1. The number of aromatic nitrogens is 1. The lowest BCUT2D eigenvalue weighted by Crippen LogP contribution is -2.36. The van der Waals surface area contributed by atoms with Gasteiger partial charge in [-0.15, -0.1) is 0 Å². The molecule has 21 heavy (non-hydrogen) atoms. The Morgan fingerprint density at radius 2 is 2.19 bits per heavy atom. The molecule has 1 unspecified atom stereocenters. The van der Waals surface area contributed by atoms with Crippen molar-refractivity contribution in [2.75, 3.05) is 13.1 Å². The lowest BCUT2D eigenvalue weighted by Gasteiger charge is -2.28. The first-order chi connectivity index (χ1) is 10.2. The van der Waals surface area contributed by atoms with Crippen molar-refractivity contribution in [1.82, 2.24) is 15.2 Å². The van der Waals surface area contributed by atoms with Gasteiger partial charge in [-0.2, -0.15) is 0 Å². The Morgan fingerprint density at radius 1 is 1.38 bits per heavy atom. The van der Waals surface area contributed by atoms with Crippen molar-refractivity contribution in [2.24, 2.45) is 0 Å². The molecule has 0 saturated heterocycles. The molecule has 0 aromatic carbocycles. The van der Waals surface area contributed by atoms with E-state index in [0.29, 0.717) is 12.6 Å². The van der Waals surface area contributed by atoms with Gasteiger partial charge < -0.3 is 15.2 Å². The first-order valence-corrected chi connectivity index (χ1v) is 7.90. The van der Waals surface area contributed by atoms with Crippen molar-refractivity contribution in [2.45, 2.75) is 52.1 Å². The number of carbonyl (C=O) groups excluding carboxylic acids is 1. The van der Waals surface area contributed by atoms with Crippen LogP contribution in [0.25, 0.3) is 0 Å². The van der Waals surface area contributed by atoms with Crippen LogP contribution < -0.4 is 16.2 Å². The molecule has 0 saturated carbocycles. The standard InChI is InChI=1S/C16H25N3O2/c1-3-10-18-15(20)11-19-14-7-5-6-13(17-4-2)12(14)8-9-16(19)21/h8-9,13,17H,3-7,10-11H2,1-2H3,(H,18,20). The van der Waals surface area contributed by atoms with Crippen molar-refractivity contribution in [3.63, 3.8) is 0 Å². The third kappa shape index (κ3) is 3.73. The molecule has 1 aliphatic rings. The number of carbonyl (C=O) groups is 1. The highest BCUT2D eigenvalue weighted by Gasteiger charge is 2.23. The van der Waals surface area contributed by atoms with Crippen LogP contribution in [0.2, 0.25) is 0 Å². The Bertz CT molecular complexity index is 551. The minimum Gasteiger partial charge on any atom is -0.355 e. The van der Waals surface area contributed by atoms with Gasteiger partial charge in [0.2, 0.25) is 5.91 Å². The van der Waals surface area contributed by atoms with Gasteiger partial charge in [-0.25, -0.2) is 0 Å². The van der Waals surface area contributed by atoms with Gasteiger partial charge >= 0.3 is 0 Å². The van der Waals surface area contributed by atoms with Gasteiger partial charge in [-0.3, -0.25) is 9.59 Å². The molecule has 2 N–H and O–H groups in total. The Hall–Kier alpha value is -1.62. The highest BCUT2D eigenvalue weighted by molar-refractivity contribution is 5.75. The average Bonchev–Trinajstić information content (AvgIpc) is 2.48. The van der Waals surface area contributed by atoms with Gasteiger partial charge in [0.1, 0.15) is 6.54 Å². The molecular formula is C16H25N3O2. The van der Waals surface area contributed by atoms with E-state index in [1.54, 1.807) is 10.6 Å². The van der Waals surface area contributed by atoms with Crippen LogP contribution in [0.3, 0.4) is 0 Å². The largest absolute Gasteiger partial charge is 0.355 e. The summed E-state index contributed by atoms with van der Waals surface area (Å²) in [5.74, 6) is -0.0853. The number of hydrogen-bond donors (Lipinski definition) is 2. The lowest BCUT2D eigenvalue weighted by molar-refractivity contribution is -0.121. The van der Waals surface area contributed by atoms with E-state index < -0.39 is 0 Å². The second-order valence-electron chi connectivity index (χ2n) is 5.51. The summed E-state index contributed by atoms with van der Waals surface area (Å²) in [5, 5.41) is 6.30. The van der Waals surface area contributed by atoms with Crippen molar-refractivity contribution < 1.29 is 4.79 Å². The van der Waals surface area contributed by atoms with E-state index in [0.717, 1.165) is 37.9 Å². The molecule has 5 heteroatoms. The van der Waals surface area contributed by atoms with Gasteiger partial charge in [-0.05, 0) is 37.8 Å². The summed E-state index contributed by atoms with van der Waals surface area (Å²) in [6, 6.07) is 3.80. The number of nitrogens with one attached hydrogen (secondary N) is 2. The summed E-state index contributed by atoms with van der Waals surface area (Å²) in [4.78, 5) is 24.1. The second kappa shape index (κ2) is 7.41. The van der Waals surface area contributed by atoms with Gasteiger partial charge in [0.15, 0.2) is 0 Å². The fraction of sp³-hybridized carbons (Fsp3) is 0.625. The number of amides is 1. The highest BCUT2D eigenvalue weighted by Crippen LogP contribution is 2.28. The van der Waals surface area contributed by atoms with Crippen LogP contribution in [0.1, 0.15) is 50.4 Å². The second-order valence-corrected chi connectivity index (χ2v) is 5.51. The zero-order valence-corrected chi connectivity index (χ0v) is 12.9. The predicted octanol–water partition coefficient (Wildman–Crippen LogP) is 1.36. The topological polar surface area (TPSA) is 63.1 Å². The molecule has 1 amide bonds. The molecule has 0 aliphatic heterocycles.